The van der Waals surface area contributed by atoms with Gasteiger partial charge in [-0.1, -0.05) is 0 Å². The van der Waals surface area contributed by atoms with Crippen molar-refractivity contribution in [2.24, 2.45) is 0 Å². The van der Waals surface area contributed by atoms with Crippen LogP contribution >= 0.6 is 11.8 Å². The summed E-state index contributed by atoms with van der Waals surface area (Å²) < 4.78 is 5.94. The fourth-order valence-electron chi connectivity index (χ4n) is 1.65. The van der Waals surface area contributed by atoms with Gasteiger partial charge in [0.15, 0.2) is 0 Å². The summed E-state index contributed by atoms with van der Waals surface area (Å²) in [6.07, 6.45) is 4.11. The SMILES string of the molecule is C1CSC2(C1)CCOC2. The van der Waals surface area contributed by atoms with E-state index in [1.807, 2.05) is 0 Å². The third-order valence-electron chi connectivity index (χ3n) is 2.25. The first-order valence-corrected chi connectivity index (χ1v) is 4.62. The van der Waals surface area contributed by atoms with Crippen LogP contribution in [0.1, 0.15) is 19.3 Å². The van der Waals surface area contributed by atoms with Crippen LogP contribution < -0.4 is 0 Å². The maximum Gasteiger partial charge on any atom is 0.0614 e. The van der Waals surface area contributed by atoms with Crippen LogP contribution in [-0.4, -0.2) is 23.7 Å². The minimum absolute atomic E-state index is 0.583. The second kappa shape index (κ2) is 2.17. The highest BCUT2D eigenvalue weighted by molar-refractivity contribution is 8.00. The summed E-state index contributed by atoms with van der Waals surface area (Å²) in [6.45, 7) is 2.03. The third kappa shape index (κ3) is 0.987. The molecule has 1 atom stereocenters. The van der Waals surface area contributed by atoms with Crippen molar-refractivity contribution < 1.29 is 4.74 Å². The standard InChI is InChI=1S/C7H12OS/c1-2-7(9-5-1)3-4-8-6-7/h1-6H2. The minimum atomic E-state index is 0.583. The summed E-state index contributed by atoms with van der Waals surface area (Å²) in [6, 6.07) is 0. The van der Waals surface area contributed by atoms with E-state index in [-0.39, 0.29) is 0 Å². The molecule has 2 aliphatic heterocycles. The Morgan fingerprint density at radius 2 is 2.33 bits per heavy atom. The molecule has 0 bridgehead atoms. The van der Waals surface area contributed by atoms with Crippen molar-refractivity contribution in [3.8, 4) is 0 Å². The molecule has 0 N–H and O–H groups in total. The van der Waals surface area contributed by atoms with Crippen LogP contribution in [0, 0.1) is 0 Å². The van der Waals surface area contributed by atoms with Crippen molar-refractivity contribution in [2.75, 3.05) is 19.0 Å². The molecule has 0 radical (unpaired) electrons. The van der Waals surface area contributed by atoms with E-state index in [2.05, 4.69) is 11.8 Å². The highest BCUT2D eigenvalue weighted by Gasteiger charge is 2.38. The molecule has 1 unspecified atom stereocenters. The maximum atomic E-state index is 5.36. The number of hydrogen-bond donors (Lipinski definition) is 0. The Bertz CT molecular complexity index is 84.0. The molecule has 9 heavy (non-hydrogen) atoms. The summed E-state index contributed by atoms with van der Waals surface area (Å²) in [5, 5.41) is 0. The molecule has 2 saturated heterocycles. The van der Waals surface area contributed by atoms with Gasteiger partial charge in [-0.25, -0.2) is 0 Å². The number of ether oxygens (including phenoxy) is 1. The summed E-state index contributed by atoms with van der Waals surface area (Å²) >= 11 is 2.13. The molecule has 0 amide bonds. The van der Waals surface area contributed by atoms with Crippen LogP contribution in [0.25, 0.3) is 0 Å². The molecule has 0 aliphatic carbocycles. The van der Waals surface area contributed by atoms with Gasteiger partial charge in [-0.05, 0) is 25.0 Å². The Labute approximate surface area is 60.2 Å². The van der Waals surface area contributed by atoms with Gasteiger partial charge in [0.25, 0.3) is 0 Å². The lowest BCUT2D eigenvalue weighted by atomic mass is 10.0. The van der Waals surface area contributed by atoms with Crippen LogP contribution in [0.5, 0.6) is 0 Å². The molecule has 1 nitrogen and oxygen atoms in total. The first-order chi connectivity index (χ1) is 4.41. The van der Waals surface area contributed by atoms with Gasteiger partial charge in [-0.15, -0.1) is 0 Å². The van der Waals surface area contributed by atoms with Crippen LogP contribution in [0.3, 0.4) is 0 Å². The lowest BCUT2D eigenvalue weighted by Crippen LogP contribution is -2.19. The van der Waals surface area contributed by atoms with Gasteiger partial charge in [0, 0.05) is 11.4 Å². The summed E-state index contributed by atoms with van der Waals surface area (Å²) in [5.74, 6) is 1.36. The van der Waals surface area contributed by atoms with Crippen LogP contribution in [0.2, 0.25) is 0 Å². The van der Waals surface area contributed by atoms with Gasteiger partial charge in [-0.3, -0.25) is 0 Å². The third-order valence-corrected chi connectivity index (χ3v) is 3.88. The van der Waals surface area contributed by atoms with E-state index >= 15 is 0 Å². The molecule has 1 spiro atoms. The minimum Gasteiger partial charge on any atom is -0.380 e. The zero-order chi connectivity index (χ0) is 6.16. The monoisotopic (exact) mass is 144 g/mol. The molecule has 0 aromatic carbocycles. The van der Waals surface area contributed by atoms with E-state index in [0.717, 1.165) is 13.2 Å². The first kappa shape index (κ1) is 6.05. The highest BCUT2D eigenvalue weighted by atomic mass is 32.2. The Balaban J connectivity index is 2.04. The molecule has 2 heterocycles. The summed E-state index contributed by atoms with van der Waals surface area (Å²) in [7, 11) is 0. The largest absolute Gasteiger partial charge is 0.380 e. The molecule has 2 rings (SSSR count). The average Bonchev–Trinajstić information content (AvgIpc) is 2.45. The fourth-order valence-corrected chi connectivity index (χ4v) is 3.06. The molecular weight excluding hydrogens is 132 g/mol. The van der Waals surface area contributed by atoms with Gasteiger partial charge in [0.05, 0.1) is 6.61 Å². The normalized spacial score (nSPS) is 42.7. The van der Waals surface area contributed by atoms with Crippen LogP contribution in [-0.2, 0) is 4.74 Å². The van der Waals surface area contributed by atoms with E-state index in [1.165, 1.54) is 25.0 Å². The molecule has 0 aromatic heterocycles. The van der Waals surface area contributed by atoms with Crippen molar-refractivity contribution in [3.63, 3.8) is 0 Å². The number of thioether (sulfide) groups is 1. The van der Waals surface area contributed by atoms with Crippen LogP contribution in [0.15, 0.2) is 0 Å². The van der Waals surface area contributed by atoms with Crippen molar-refractivity contribution in [1.29, 1.82) is 0 Å². The molecule has 0 aromatic rings. The van der Waals surface area contributed by atoms with Gasteiger partial charge in [0.2, 0.25) is 0 Å². The topological polar surface area (TPSA) is 9.23 Å². The summed E-state index contributed by atoms with van der Waals surface area (Å²) in [4.78, 5) is 0. The smallest absolute Gasteiger partial charge is 0.0614 e. The van der Waals surface area contributed by atoms with Crippen molar-refractivity contribution in [2.45, 2.75) is 24.0 Å². The summed E-state index contributed by atoms with van der Waals surface area (Å²) in [5.41, 5.74) is 0. The van der Waals surface area contributed by atoms with E-state index in [0.29, 0.717) is 4.75 Å². The lowest BCUT2D eigenvalue weighted by Gasteiger charge is -2.17. The Hall–Kier alpha value is 0.310. The molecule has 2 aliphatic rings. The zero-order valence-corrected chi connectivity index (χ0v) is 6.38. The number of rotatable bonds is 0. The Morgan fingerprint density at radius 3 is 2.89 bits per heavy atom. The average molecular weight is 144 g/mol. The molecule has 52 valence electrons. The highest BCUT2D eigenvalue weighted by Crippen LogP contribution is 2.43. The lowest BCUT2D eigenvalue weighted by molar-refractivity contribution is 0.190. The van der Waals surface area contributed by atoms with E-state index in [1.54, 1.807) is 0 Å². The van der Waals surface area contributed by atoms with E-state index in [4.69, 9.17) is 4.74 Å². The van der Waals surface area contributed by atoms with Crippen molar-refractivity contribution in [1.82, 2.24) is 0 Å². The van der Waals surface area contributed by atoms with Gasteiger partial charge < -0.3 is 4.74 Å². The number of hydrogen-bond acceptors (Lipinski definition) is 2. The predicted octanol–water partition coefficient (Wildman–Crippen LogP) is 1.67. The molecule has 2 heteroatoms. The van der Waals surface area contributed by atoms with Crippen LogP contribution in [0.4, 0.5) is 0 Å². The fraction of sp³-hybridized carbons (Fsp3) is 1.00. The molecule has 2 fully saturated rings. The van der Waals surface area contributed by atoms with Gasteiger partial charge in [-0.2, -0.15) is 11.8 Å². The maximum absolute atomic E-state index is 5.36. The zero-order valence-electron chi connectivity index (χ0n) is 5.56. The second-order valence-electron chi connectivity index (χ2n) is 2.94. The quantitative estimate of drug-likeness (QED) is 0.511. The van der Waals surface area contributed by atoms with Crippen molar-refractivity contribution >= 4 is 11.8 Å². The predicted molar refractivity (Wildman–Crippen MR) is 39.9 cm³/mol. The molecular formula is C7H12OS. The first-order valence-electron chi connectivity index (χ1n) is 3.63. The second-order valence-corrected chi connectivity index (χ2v) is 4.50. The Morgan fingerprint density at radius 1 is 1.33 bits per heavy atom. The van der Waals surface area contributed by atoms with E-state index < -0.39 is 0 Å². The Kier molecular flexibility index (Phi) is 1.46. The van der Waals surface area contributed by atoms with E-state index in [9.17, 15) is 0 Å². The van der Waals surface area contributed by atoms with Crippen molar-refractivity contribution in [3.05, 3.63) is 0 Å². The van der Waals surface area contributed by atoms with Gasteiger partial charge >= 0.3 is 0 Å². The molecule has 0 saturated carbocycles. The van der Waals surface area contributed by atoms with Gasteiger partial charge in [0.1, 0.15) is 0 Å².